The largest absolute Gasteiger partial charge is 0.390 e. The van der Waals surface area contributed by atoms with Crippen LogP contribution in [0.2, 0.25) is 0 Å². The molecule has 1 atom stereocenters. The molecule has 0 amide bonds. The van der Waals surface area contributed by atoms with Crippen LogP contribution in [0.4, 0.5) is 0 Å². The molecule has 1 aromatic carbocycles. The second kappa shape index (κ2) is 8.06. The maximum absolute atomic E-state index is 11.7. The van der Waals surface area contributed by atoms with Crippen molar-refractivity contribution in [1.29, 1.82) is 0 Å². The van der Waals surface area contributed by atoms with Gasteiger partial charge in [-0.2, -0.15) is 0 Å². The van der Waals surface area contributed by atoms with Gasteiger partial charge >= 0.3 is 0 Å². The number of unbranched alkanes of at least 4 members (excludes halogenated alkanes) is 1. The van der Waals surface area contributed by atoms with Crippen molar-refractivity contribution < 1.29 is 13.5 Å². The third kappa shape index (κ3) is 5.35. The van der Waals surface area contributed by atoms with Gasteiger partial charge in [0.1, 0.15) is 0 Å². The standard InChI is InChI=1S/C16H26N2O3S/c1-2-3-10-22(20,21)17-11-16(19)13-18-9-8-14-6-4-5-7-15(14)12-18/h4-7,16-17,19H,2-3,8-13H2,1H3/t16-/m1/s1. The molecule has 6 heteroatoms. The summed E-state index contributed by atoms with van der Waals surface area (Å²) in [5, 5.41) is 10.1. The van der Waals surface area contributed by atoms with Crippen LogP contribution < -0.4 is 4.72 Å². The van der Waals surface area contributed by atoms with E-state index in [-0.39, 0.29) is 12.3 Å². The molecule has 1 aliphatic heterocycles. The third-order valence-corrected chi connectivity index (χ3v) is 5.42. The molecule has 0 aromatic heterocycles. The number of aliphatic hydroxyl groups is 1. The molecule has 0 fully saturated rings. The lowest BCUT2D eigenvalue weighted by Crippen LogP contribution is -2.42. The molecule has 1 aliphatic rings. The molecule has 2 rings (SSSR count). The maximum atomic E-state index is 11.7. The first-order chi connectivity index (χ1) is 10.5. The van der Waals surface area contributed by atoms with Crippen LogP contribution >= 0.6 is 0 Å². The first-order valence-electron chi connectivity index (χ1n) is 7.94. The summed E-state index contributed by atoms with van der Waals surface area (Å²) < 4.78 is 25.9. The van der Waals surface area contributed by atoms with E-state index in [0.717, 1.165) is 25.9 Å². The minimum atomic E-state index is -3.26. The Morgan fingerprint density at radius 1 is 1.32 bits per heavy atom. The van der Waals surface area contributed by atoms with Crippen molar-refractivity contribution >= 4 is 10.0 Å². The van der Waals surface area contributed by atoms with E-state index in [0.29, 0.717) is 13.0 Å². The number of fused-ring (bicyclic) bond motifs is 1. The number of benzene rings is 1. The molecule has 2 N–H and O–H groups in total. The topological polar surface area (TPSA) is 69.6 Å². The van der Waals surface area contributed by atoms with Crippen molar-refractivity contribution in [2.75, 3.05) is 25.4 Å². The lowest BCUT2D eigenvalue weighted by atomic mass is 10.00. The Morgan fingerprint density at radius 3 is 2.77 bits per heavy atom. The van der Waals surface area contributed by atoms with E-state index in [9.17, 15) is 13.5 Å². The van der Waals surface area contributed by atoms with Gasteiger partial charge in [-0.05, 0) is 24.0 Å². The van der Waals surface area contributed by atoms with Gasteiger partial charge in [0.15, 0.2) is 0 Å². The Kier molecular flexibility index (Phi) is 6.37. The van der Waals surface area contributed by atoms with Crippen LogP contribution in [0.15, 0.2) is 24.3 Å². The molecule has 0 bridgehead atoms. The minimum absolute atomic E-state index is 0.0875. The van der Waals surface area contributed by atoms with Gasteiger partial charge < -0.3 is 5.11 Å². The highest BCUT2D eigenvalue weighted by Gasteiger charge is 2.19. The van der Waals surface area contributed by atoms with Crippen molar-refractivity contribution in [3.05, 3.63) is 35.4 Å². The van der Waals surface area contributed by atoms with Crippen LogP contribution in [0.3, 0.4) is 0 Å². The van der Waals surface area contributed by atoms with Gasteiger partial charge in [-0.25, -0.2) is 13.1 Å². The van der Waals surface area contributed by atoms with Crippen molar-refractivity contribution in [3.8, 4) is 0 Å². The number of hydrogen-bond donors (Lipinski definition) is 2. The first-order valence-corrected chi connectivity index (χ1v) is 9.60. The minimum Gasteiger partial charge on any atom is -0.390 e. The molecule has 1 aromatic rings. The van der Waals surface area contributed by atoms with Gasteiger partial charge in [0.25, 0.3) is 0 Å². The fourth-order valence-electron chi connectivity index (χ4n) is 2.70. The van der Waals surface area contributed by atoms with E-state index < -0.39 is 16.1 Å². The summed E-state index contributed by atoms with van der Waals surface area (Å²) in [6.45, 7) is 4.25. The van der Waals surface area contributed by atoms with E-state index in [4.69, 9.17) is 0 Å². The molecule has 0 aliphatic carbocycles. The molecule has 0 saturated carbocycles. The second-order valence-electron chi connectivity index (χ2n) is 5.93. The van der Waals surface area contributed by atoms with Gasteiger partial charge in [-0.3, -0.25) is 4.90 Å². The summed E-state index contributed by atoms with van der Waals surface area (Å²) in [6.07, 6.45) is 1.79. The Hall–Kier alpha value is -0.950. The highest BCUT2D eigenvalue weighted by Crippen LogP contribution is 2.18. The van der Waals surface area contributed by atoms with Crippen molar-refractivity contribution in [2.45, 2.75) is 38.8 Å². The Morgan fingerprint density at radius 2 is 2.05 bits per heavy atom. The zero-order valence-corrected chi connectivity index (χ0v) is 14.0. The predicted octanol–water partition coefficient (Wildman–Crippen LogP) is 1.13. The summed E-state index contributed by atoms with van der Waals surface area (Å²) in [5.74, 6) is 0.132. The van der Waals surface area contributed by atoms with Gasteiger partial charge in [0.2, 0.25) is 10.0 Å². The summed E-state index contributed by atoms with van der Waals surface area (Å²) in [7, 11) is -3.26. The van der Waals surface area contributed by atoms with Crippen LogP contribution in [-0.2, 0) is 23.0 Å². The zero-order chi connectivity index (χ0) is 16.0. The van der Waals surface area contributed by atoms with Crippen LogP contribution in [0.1, 0.15) is 30.9 Å². The molecule has 1 heterocycles. The van der Waals surface area contributed by atoms with Gasteiger partial charge in [0.05, 0.1) is 11.9 Å². The Labute approximate surface area is 133 Å². The highest BCUT2D eigenvalue weighted by atomic mass is 32.2. The molecule has 0 radical (unpaired) electrons. The number of nitrogens with zero attached hydrogens (tertiary/aromatic N) is 1. The van der Waals surface area contributed by atoms with E-state index in [1.54, 1.807) is 0 Å². The molecule has 22 heavy (non-hydrogen) atoms. The van der Waals surface area contributed by atoms with Crippen molar-refractivity contribution in [3.63, 3.8) is 0 Å². The van der Waals surface area contributed by atoms with Gasteiger partial charge in [0, 0.05) is 26.2 Å². The molecule has 0 spiro atoms. The molecular formula is C16H26N2O3S. The zero-order valence-electron chi connectivity index (χ0n) is 13.2. The van der Waals surface area contributed by atoms with Crippen LogP contribution in [0.5, 0.6) is 0 Å². The number of rotatable bonds is 8. The quantitative estimate of drug-likeness (QED) is 0.751. The normalized spacial score (nSPS) is 17.2. The van der Waals surface area contributed by atoms with Gasteiger partial charge in [-0.15, -0.1) is 0 Å². The van der Waals surface area contributed by atoms with E-state index >= 15 is 0 Å². The number of hydrogen-bond acceptors (Lipinski definition) is 4. The van der Waals surface area contributed by atoms with E-state index in [1.807, 2.05) is 13.0 Å². The Balaban J connectivity index is 1.77. The monoisotopic (exact) mass is 326 g/mol. The van der Waals surface area contributed by atoms with Gasteiger partial charge in [-0.1, -0.05) is 37.6 Å². The number of β-amino-alcohol motifs (C(OH)–C–C–N with tert-alkyl or cyclic N) is 1. The van der Waals surface area contributed by atoms with Crippen LogP contribution in [0, 0.1) is 0 Å². The first kappa shape index (κ1) is 17.4. The lowest BCUT2D eigenvalue weighted by molar-refractivity contribution is 0.108. The predicted molar refractivity (Wildman–Crippen MR) is 88.1 cm³/mol. The summed E-state index contributed by atoms with van der Waals surface area (Å²) in [6, 6.07) is 8.33. The number of nitrogens with one attached hydrogen (secondary N) is 1. The summed E-state index contributed by atoms with van der Waals surface area (Å²) in [5.41, 5.74) is 2.66. The highest BCUT2D eigenvalue weighted by molar-refractivity contribution is 7.89. The fourth-order valence-corrected chi connectivity index (χ4v) is 3.96. The second-order valence-corrected chi connectivity index (χ2v) is 7.85. The Bertz CT molecular complexity index is 575. The van der Waals surface area contributed by atoms with E-state index in [1.165, 1.54) is 11.1 Å². The smallest absolute Gasteiger partial charge is 0.211 e. The van der Waals surface area contributed by atoms with E-state index in [2.05, 4.69) is 27.8 Å². The average Bonchev–Trinajstić information content (AvgIpc) is 2.51. The number of aliphatic hydroxyl groups excluding tert-OH is 1. The summed E-state index contributed by atoms with van der Waals surface area (Å²) >= 11 is 0. The molecular weight excluding hydrogens is 300 g/mol. The SMILES string of the molecule is CCCCS(=O)(=O)NC[C@@H](O)CN1CCc2ccccc2C1. The fraction of sp³-hybridized carbons (Fsp3) is 0.625. The van der Waals surface area contributed by atoms with Crippen molar-refractivity contribution in [2.24, 2.45) is 0 Å². The maximum Gasteiger partial charge on any atom is 0.211 e. The molecule has 0 saturated heterocycles. The summed E-state index contributed by atoms with van der Waals surface area (Å²) in [4.78, 5) is 2.17. The van der Waals surface area contributed by atoms with Crippen LogP contribution in [-0.4, -0.2) is 49.9 Å². The third-order valence-electron chi connectivity index (χ3n) is 3.98. The molecule has 0 unspecified atom stereocenters. The molecule has 124 valence electrons. The van der Waals surface area contributed by atoms with Crippen LogP contribution in [0.25, 0.3) is 0 Å². The number of sulfonamides is 1. The lowest BCUT2D eigenvalue weighted by Gasteiger charge is -2.30. The van der Waals surface area contributed by atoms with Crippen molar-refractivity contribution in [1.82, 2.24) is 9.62 Å². The molecule has 5 nitrogen and oxygen atoms in total. The average molecular weight is 326 g/mol.